The number of carbonyl (C=O) groups is 1. The van der Waals surface area contributed by atoms with E-state index in [-0.39, 0.29) is 12.1 Å². The maximum absolute atomic E-state index is 12.2. The van der Waals surface area contributed by atoms with Crippen LogP contribution in [0.1, 0.15) is 53.6 Å². The van der Waals surface area contributed by atoms with Crippen LogP contribution in [0, 0.1) is 6.92 Å². The van der Waals surface area contributed by atoms with E-state index in [2.05, 4.69) is 47.9 Å². The average molecular weight is 336 g/mol. The predicted octanol–water partition coefficient (Wildman–Crippen LogP) is 4.48. The fourth-order valence-corrected chi connectivity index (χ4v) is 3.55. The largest absolute Gasteiger partial charge is 0.338 e. The summed E-state index contributed by atoms with van der Waals surface area (Å²) in [6, 6.07) is 14.9. The third kappa shape index (κ3) is 4.62. The second-order valence-electron chi connectivity index (χ2n) is 7.03. The van der Waals surface area contributed by atoms with E-state index < -0.39 is 0 Å². The van der Waals surface area contributed by atoms with Crippen molar-refractivity contribution in [2.24, 2.45) is 0 Å². The molecule has 3 nitrogen and oxygen atoms in total. The number of fused-ring (bicyclic) bond motifs is 1. The second-order valence-corrected chi connectivity index (χ2v) is 7.03. The van der Waals surface area contributed by atoms with Gasteiger partial charge < -0.3 is 10.6 Å². The van der Waals surface area contributed by atoms with E-state index in [1.807, 2.05) is 19.1 Å². The first-order valence-corrected chi connectivity index (χ1v) is 9.34. The fraction of sp³-hybridized carbons (Fsp3) is 0.409. The van der Waals surface area contributed by atoms with Gasteiger partial charge in [0.2, 0.25) is 0 Å². The van der Waals surface area contributed by atoms with Gasteiger partial charge in [-0.2, -0.15) is 0 Å². The molecule has 0 heterocycles. The molecule has 25 heavy (non-hydrogen) atoms. The van der Waals surface area contributed by atoms with E-state index in [0.29, 0.717) is 6.54 Å². The summed E-state index contributed by atoms with van der Waals surface area (Å²) in [7, 11) is 0. The van der Waals surface area contributed by atoms with Gasteiger partial charge in [-0.1, -0.05) is 42.5 Å². The zero-order valence-electron chi connectivity index (χ0n) is 15.3. The standard InChI is InChI=1S/C22H28N2O/c1-16-7-3-4-8-18(16)13-14-23-22(25)24-17(2)20-12-11-19-9-5-6-10-21(19)15-20/h3-4,7-8,11-12,15,17H,5-6,9-10,13-14H2,1-2H3,(H2,23,24,25). The van der Waals surface area contributed by atoms with Gasteiger partial charge in [0, 0.05) is 6.54 Å². The molecule has 1 aliphatic rings. The molecule has 0 fully saturated rings. The first-order valence-electron chi connectivity index (χ1n) is 9.34. The van der Waals surface area contributed by atoms with Crippen molar-refractivity contribution in [2.45, 2.75) is 52.0 Å². The highest BCUT2D eigenvalue weighted by molar-refractivity contribution is 5.74. The van der Waals surface area contributed by atoms with E-state index in [0.717, 1.165) is 6.42 Å². The zero-order chi connectivity index (χ0) is 17.6. The summed E-state index contributed by atoms with van der Waals surface area (Å²) in [5.41, 5.74) is 6.68. The number of nitrogens with one attached hydrogen (secondary N) is 2. The summed E-state index contributed by atoms with van der Waals surface area (Å²) in [6.07, 6.45) is 5.78. The molecule has 1 unspecified atom stereocenters. The molecule has 3 rings (SSSR count). The molecule has 2 aromatic carbocycles. The van der Waals surface area contributed by atoms with Gasteiger partial charge in [0.15, 0.2) is 0 Å². The minimum Gasteiger partial charge on any atom is -0.338 e. The normalized spacial score (nSPS) is 14.5. The van der Waals surface area contributed by atoms with Gasteiger partial charge in [-0.15, -0.1) is 0 Å². The Morgan fingerprint density at radius 3 is 2.64 bits per heavy atom. The molecule has 0 aliphatic heterocycles. The smallest absolute Gasteiger partial charge is 0.315 e. The highest BCUT2D eigenvalue weighted by atomic mass is 16.2. The Kier molecular flexibility index (Phi) is 5.75. The summed E-state index contributed by atoms with van der Waals surface area (Å²) in [5.74, 6) is 0. The van der Waals surface area contributed by atoms with Crippen LogP contribution in [-0.4, -0.2) is 12.6 Å². The van der Waals surface area contributed by atoms with Gasteiger partial charge in [-0.25, -0.2) is 4.79 Å². The molecule has 0 saturated heterocycles. The maximum Gasteiger partial charge on any atom is 0.315 e. The maximum atomic E-state index is 12.2. The monoisotopic (exact) mass is 336 g/mol. The third-order valence-corrected chi connectivity index (χ3v) is 5.16. The van der Waals surface area contributed by atoms with Gasteiger partial charge in [0.25, 0.3) is 0 Å². The summed E-state index contributed by atoms with van der Waals surface area (Å²) in [5, 5.41) is 6.03. The minimum atomic E-state index is -0.0983. The Labute approximate surface area is 150 Å². The van der Waals surface area contributed by atoms with Crippen LogP contribution in [0.4, 0.5) is 4.79 Å². The molecular formula is C22H28N2O. The summed E-state index contributed by atoms with van der Waals surface area (Å²) < 4.78 is 0. The van der Waals surface area contributed by atoms with Gasteiger partial charge in [-0.3, -0.25) is 0 Å². The van der Waals surface area contributed by atoms with E-state index in [1.165, 1.54) is 53.5 Å². The van der Waals surface area contributed by atoms with E-state index in [1.54, 1.807) is 0 Å². The summed E-state index contributed by atoms with van der Waals surface area (Å²) in [4.78, 5) is 12.2. The third-order valence-electron chi connectivity index (χ3n) is 5.16. The van der Waals surface area contributed by atoms with Crippen LogP contribution in [0.5, 0.6) is 0 Å². The van der Waals surface area contributed by atoms with Gasteiger partial charge in [0.05, 0.1) is 6.04 Å². The highest BCUT2D eigenvalue weighted by Gasteiger charge is 2.14. The Morgan fingerprint density at radius 1 is 1.08 bits per heavy atom. The molecule has 2 aromatic rings. The number of aryl methyl sites for hydroxylation is 3. The molecule has 0 aromatic heterocycles. The molecule has 0 bridgehead atoms. The lowest BCUT2D eigenvalue weighted by Crippen LogP contribution is -2.38. The van der Waals surface area contributed by atoms with Gasteiger partial charge in [-0.05, 0) is 73.8 Å². The van der Waals surface area contributed by atoms with Crippen LogP contribution in [0.15, 0.2) is 42.5 Å². The SMILES string of the molecule is Cc1ccccc1CCNC(=O)NC(C)c1ccc2c(c1)CCCC2. The quantitative estimate of drug-likeness (QED) is 0.830. The highest BCUT2D eigenvalue weighted by Crippen LogP contribution is 2.24. The molecule has 0 radical (unpaired) electrons. The molecule has 0 spiro atoms. The van der Waals surface area contributed by atoms with E-state index >= 15 is 0 Å². The summed E-state index contributed by atoms with van der Waals surface area (Å²) >= 11 is 0. The van der Waals surface area contributed by atoms with Crippen LogP contribution in [0.3, 0.4) is 0 Å². The number of benzene rings is 2. The van der Waals surface area contributed by atoms with Crippen molar-refractivity contribution < 1.29 is 4.79 Å². The van der Waals surface area contributed by atoms with Crippen molar-refractivity contribution in [1.29, 1.82) is 0 Å². The van der Waals surface area contributed by atoms with E-state index in [4.69, 9.17) is 0 Å². The number of urea groups is 1. The number of carbonyl (C=O) groups excluding carboxylic acids is 1. The Balaban J connectivity index is 1.50. The Hall–Kier alpha value is -2.29. The molecule has 0 saturated carbocycles. The summed E-state index contributed by atoms with van der Waals surface area (Å²) in [6.45, 7) is 4.80. The van der Waals surface area contributed by atoms with Crippen molar-refractivity contribution in [3.8, 4) is 0 Å². The van der Waals surface area contributed by atoms with Crippen LogP contribution in [-0.2, 0) is 19.3 Å². The lowest BCUT2D eigenvalue weighted by atomic mass is 9.89. The Bertz CT molecular complexity index is 739. The van der Waals surface area contributed by atoms with Crippen molar-refractivity contribution in [1.82, 2.24) is 10.6 Å². The molecule has 1 aliphatic carbocycles. The van der Waals surface area contributed by atoms with Crippen molar-refractivity contribution in [3.05, 3.63) is 70.3 Å². The van der Waals surface area contributed by atoms with Crippen LogP contribution in [0.25, 0.3) is 0 Å². The molecule has 132 valence electrons. The lowest BCUT2D eigenvalue weighted by Gasteiger charge is -2.20. The molecule has 2 amide bonds. The number of hydrogen-bond acceptors (Lipinski definition) is 1. The molecular weight excluding hydrogens is 308 g/mol. The van der Waals surface area contributed by atoms with Crippen molar-refractivity contribution in [2.75, 3.05) is 6.54 Å². The van der Waals surface area contributed by atoms with Gasteiger partial charge in [0.1, 0.15) is 0 Å². The van der Waals surface area contributed by atoms with Crippen LogP contribution < -0.4 is 10.6 Å². The lowest BCUT2D eigenvalue weighted by molar-refractivity contribution is 0.238. The average Bonchev–Trinajstić information content (AvgIpc) is 2.63. The molecule has 1 atom stereocenters. The number of hydrogen-bond donors (Lipinski definition) is 2. The van der Waals surface area contributed by atoms with Crippen LogP contribution >= 0.6 is 0 Å². The fourth-order valence-electron chi connectivity index (χ4n) is 3.55. The Morgan fingerprint density at radius 2 is 1.84 bits per heavy atom. The predicted molar refractivity (Wildman–Crippen MR) is 103 cm³/mol. The van der Waals surface area contributed by atoms with Crippen LogP contribution in [0.2, 0.25) is 0 Å². The molecule has 2 N–H and O–H groups in total. The number of amides is 2. The van der Waals surface area contributed by atoms with Gasteiger partial charge >= 0.3 is 6.03 Å². The molecule has 3 heteroatoms. The van der Waals surface area contributed by atoms with Crippen molar-refractivity contribution >= 4 is 6.03 Å². The first kappa shape index (κ1) is 17.5. The topological polar surface area (TPSA) is 41.1 Å². The van der Waals surface area contributed by atoms with E-state index in [9.17, 15) is 4.79 Å². The first-order chi connectivity index (χ1) is 12.1. The zero-order valence-corrected chi connectivity index (χ0v) is 15.3. The number of rotatable bonds is 5. The second kappa shape index (κ2) is 8.19. The minimum absolute atomic E-state index is 0.0192. The van der Waals surface area contributed by atoms with Crippen molar-refractivity contribution in [3.63, 3.8) is 0 Å².